The van der Waals surface area contributed by atoms with E-state index in [0.29, 0.717) is 42.4 Å². The summed E-state index contributed by atoms with van der Waals surface area (Å²) in [5, 5.41) is 10.7. The van der Waals surface area contributed by atoms with Crippen molar-refractivity contribution in [3.05, 3.63) is 84.3 Å². The third-order valence-electron chi connectivity index (χ3n) is 6.03. The molecule has 1 N–H and O–H groups in total. The van der Waals surface area contributed by atoms with Gasteiger partial charge in [-0.3, -0.25) is 4.79 Å². The standard InChI is InChI=1S/C27H28Br2O5S/c1-13(2)21-18(11-15(5)26(30)24(21)28)23(17-9-7-8-10-20(17)35(32,33)34)19-12-16(6)27(31)25(29)22(19)14(3)4/h7-14,30H,1-6H3,(H,32,33,34)/p-1. The highest BCUT2D eigenvalue weighted by molar-refractivity contribution is 9.12. The van der Waals surface area contributed by atoms with Gasteiger partial charge in [-0.1, -0.05) is 45.9 Å². The molecular weight excluding hydrogens is 596 g/mol. The largest absolute Gasteiger partial charge is 0.744 e. The van der Waals surface area contributed by atoms with E-state index in [2.05, 4.69) is 31.9 Å². The molecule has 3 rings (SSSR count). The van der Waals surface area contributed by atoms with Gasteiger partial charge < -0.3 is 9.66 Å². The molecule has 2 aromatic rings. The summed E-state index contributed by atoms with van der Waals surface area (Å²) in [6.45, 7) is 11.3. The maximum absolute atomic E-state index is 12.9. The molecule has 0 saturated carbocycles. The van der Waals surface area contributed by atoms with Crippen molar-refractivity contribution in [1.29, 1.82) is 0 Å². The molecule has 2 aromatic carbocycles. The number of phenolic OH excluding ortho intramolecular Hbond substituents is 1. The Morgan fingerprint density at radius 3 is 2.14 bits per heavy atom. The van der Waals surface area contributed by atoms with Crippen LogP contribution < -0.4 is 0 Å². The number of benzene rings is 2. The van der Waals surface area contributed by atoms with E-state index in [1.807, 2.05) is 27.7 Å². The molecule has 0 unspecified atom stereocenters. The molecule has 0 aromatic heterocycles. The number of ketones is 1. The number of hydrogen-bond acceptors (Lipinski definition) is 5. The predicted octanol–water partition coefficient (Wildman–Crippen LogP) is 7.13. The highest BCUT2D eigenvalue weighted by atomic mass is 79.9. The van der Waals surface area contributed by atoms with Crippen LogP contribution in [-0.2, 0) is 14.9 Å². The normalized spacial score (nSPS) is 16.3. The Morgan fingerprint density at radius 2 is 1.60 bits per heavy atom. The van der Waals surface area contributed by atoms with E-state index >= 15 is 0 Å². The number of aryl methyl sites for hydroxylation is 1. The van der Waals surface area contributed by atoms with Gasteiger partial charge in [0.1, 0.15) is 15.9 Å². The van der Waals surface area contributed by atoms with Crippen LogP contribution in [0.3, 0.4) is 0 Å². The van der Waals surface area contributed by atoms with E-state index in [-0.39, 0.29) is 33.8 Å². The highest BCUT2D eigenvalue weighted by Gasteiger charge is 2.30. The topological polar surface area (TPSA) is 94.5 Å². The number of allylic oxidation sites excluding steroid dienone is 5. The molecule has 0 saturated heterocycles. The van der Waals surface area contributed by atoms with Gasteiger partial charge in [0, 0.05) is 5.56 Å². The summed E-state index contributed by atoms with van der Waals surface area (Å²) in [6, 6.07) is 7.91. The second-order valence-electron chi connectivity index (χ2n) is 9.25. The summed E-state index contributed by atoms with van der Waals surface area (Å²) in [6.07, 6.45) is 1.76. The Hall–Kier alpha value is -2.00. The lowest BCUT2D eigenvalue weighted by molar-refractivity contribution is -0.111. The minimum Gasteiger partial charge on any atom is -0.744 e. The molecule has 0 amide bonds. The lowest BCUT2D eigenvalue weighted by Gasteiger charge is -2.28. The highest BCUT2D eigenvalue weighted by Crippen LogP contribution is 2.47. The van der Waals surface area contributed by atoms with Gasteiger partial charge in [-0.2, -0.15) is 0 Å². The molecule has 0 heterocycles. The summed E-state index contributed by atoms with van der Waals surface area (Å²) in [7, 11) is -4.82. The lowest BCUT2D eigenvalue weighted by atomic mass is 9.78. The van der Waals surface area contributed by atoms with Crippen molar-refractivity contribution in [1.82, 2.24) is 0 Å². The third-order valence-corrected chi connectivity index (χ3v) is 8.52. The van der Waals surface area contributed by atoms with Crippen LogP contribution in [-0.4, -0.2) is 23.9 Å². The van der Waals surface area contributed by atoms with Crippen LogP contribution in [0.1, 0.15) is 62.8 Å². The first-order valence-corrected chi connectivity index (χ1v) is 14.1. The van der Waals surface area contributed by atoms with Crippen molar-refractivity contribution < 1.29 is 22.9 Å². The smallest absolute Gasteiger partial charge is 0.195 e. The number of phenols is 1. The van der Waals surface area contributed by atoms with Crippen molar-refractivity contribution in [2.45, 2.75) is 52.4 Å². The average molecular weight is 623 g/mol. The molecule has 0 radical (unpaired) electrons. The zero-order valence-electron chi connectivity index (χ0n) is 20.4. The minimum atomic E-state index is -4.82. The number of carbonyl (C=O) groups excluding carboxylic acids is 1. The van der Waals surface area contributed by atoms with Crippen LogP contribution in [0.2, 0.25) is 0 Å². The van der Waals surface area contributed by atoms with Crippen molar-refractivity contribution in [3.8, 4) is 5.75 Å². The molecule has 0 aliphatic heterocycles. The zero-order chi connectivity index (χ0) is 26.4. The number of aromatic hydroxyl groups is 1. The number of hydrogen-bond donors (Lipinski definition) is 1. The van der Waals surface area contributed by atoms with Crippen molar-refractivity contribution in [2.75, 3.05) is 0 Å². The van der Waals surface area contributed by atoms with Crippen LogP contribution in [0.5, 0.6) is 5.75 Å². The fourth-order valence-electron chi connectivity index (χ4n) is 4.42. The van der Waals surface area contributed by atoms with Gasteiger partial charge in [-0.05, 0) is 115 Å². The van der Waals surface area contributed by atoms with E-state index in [1.54, 1.807) is 38.1 Å². The SMILES string of the molecule is CC1=CC(=C(c2ccccc2S(=O)(=O)[O-])c2cc(C)c(O)c(Br)c2C(C)C)C(C(C)C)=C(Br)C1=O. The van der Waals surface area contributed by atoms with E-state index < -0.39 is 10.1 Å². The number of halogens is 2. The van der Waals surface area contributed by atoms with Crippen molar-refractivity contribution >= 4 is 53.3 Å². The number of Topliss-reactive ketones (excluding diaryl/α,β-unsaturated/α-hetero) is 1. The van der Waals surface area contributed by atoms with Crippen molar-refractivity contribution in [2.24, 2.45) is 5.92 Å². The first kappa shape index (κ1) is 27.6. The second kappa shape index (κ2) is 10.2. The lowest BCUT2D eigenvalue weighted by Crippen LogP contribution is -2.16. The summed E-state index contributed by atoms with van der Waals surface area (Å²) in [4.78, 5) is 12.5. The molecule has 0 bridgehead atoms. The van der Waals surface area contributed by atoms with E-state index in [4.69, 9.17) is 0 Å². The molecule has 1 aliphatic rings. The maximum atomic E-state index is 12.9. The molecule has 5 nitrogen and oxygen atoms in total. The summed E-state index contributed by atoms with van der Waals surface area (Å²) in [5.74, 6) is -0.211. The molecule has 8 heteroatoms. The molecule has 186 valence electrons. The molecule has 0 spiro atoms. The van der Waals surface area contributed by atoms with Crippen LogP contribution in [0.25, 0.3) is 5.57 Å². The fraction of sp³-hybridized carbons (Fsp3) is 0.296. The Labute approximate surface area is 223 Å². The Morgan fingerprint density at radius 1 is 1.00 bits per heavy atom. The Balaban J connectivity index is 2.70. The zero-order valence-corrected chi connectivity index (χ0v) is 24.4. The average Bonchev–Trinajstić information content (AvgIpc) is 2.75. The second-order valence-corrected chi connectivity index (χ2v) is 12.2. The minimum absolute atomic E-state index is 0.0669. The van der Waals surface area contributed by atoms with Crippen LogP contribution in [0, 0.1) is 12.8 Å². The monoisotopic (exact) mass is 621 g/mol. The summed E-state index contributed by atoms with van der Waals surface area (Å²) < 4.78 is 38.0. The molecule has 0 atom stereocenters. The first-order chi connectivity index (χ1) is 16.2. The van der Waals surface area contributed by atoms with Crippen LogP contribution >= 0.6 is 31.9 Å². The van der Waals surface area contributed by atoms with E-state index in [0.717, 1.165) is 5.56 Å². The van der Waals surface area contributed by atoms with Gasteiger partial charge in [0.05, 0.1) is 13.9 Å². The van der Waals surface area contributed by atoms with Gasteiger partial charge >= 0.3 is 0 Å². The summed E-state index contributed by atoms with van der Waals surface area (Å²) >= 11 is 7.03. The quantitative estimate of drug-likeness (QED) is 0.358. The van der Waals surface area contributed by atoms with Gasteiger partial charge in [0.15, 0.2) is 5.78 Å². The van der Waals surface area contributed by atoms with Crippen molar-refractivity contribution in [3.63, 3.8) is 0 Å². The maximum Gasteiger partial charge on any atom is 0.195 e. The van der Waals surface area contributed by atoms with Crippen LogP contribution in [0.15, 0.2) is 67.0 Å². The number of rotatable bonds is 5. The van der Waals surface area contributed by atoms with Gasteiger partial charge in [0.25, 0.3) is 0 Å². The molecule has 1 aliphatic carbocycles. The fourth-order valence-corrected chi connectivity index (χ4v) is 7.08. The third kappa shape index (κ3) is 5.12. The van der Waals surface area contributed by atoms with E-state index in [9.17, 15) is 22.9 Å². The summed E-state index contributed by atoms with van der Waals surface area (Å²) in [5.41, 5.74) is 4.62. The molecule has 0 fully saturated rings. The van der Waals surface area contributed by atoms with Gasteiger partial charge in [0.2, 0.25) is 0 Å². The van der Waals surface area contributed by atoms with E-state index in [1.165, 1.54) is 12.1 Å². The Kier molecular flexibility index (Phi) is 8.01. The van der Waals surface area contributed by atoms with Gasteiger partial charge in [-0.15, -0.1) is 0 Å². The first-order valence-electron chi connectivity index (χ1n) is 11.1. The molecule has 35 heavy (non-hydrogen) atoms. The van der Waals surface area contributed by atoms with Crippen LogP contribution in [0.4, 0.5) is 0 Å². The Bertz CT molecular complexity index is 1430. The predicted molar refractivity (Wildman–Crippen MR) is 145 cm³/mol. The van der Waals surface area contributed by atoms with Gasteiger partial charge in [-0.25, -0.2) is 8.42 Å². The molecular formula is C27H27Br2O5S-. The number of carbonyl (C=O) groups is 1.